The van der Waals surface area contributed by atoms with Gasteiger partial charge >= 0.3 is 0 Å². The van der Waals surface area contributed by atoms with Crippen molar-refractivity contribution in [3.63, 3.8) is 0 Å². The van der Waals surface area contributed by atoms with E-state index >= 15 is 0 Å². The van der Waals surface area contributed by atoms with Crippen LogP contribution in [0.5, 0.6) is 0 Å². The number of nitrogens with zero attached hydrogens (tertiary/aromatic N) is 6. The van der Waals surface area contributed by atoms with Crippen LogP contribution in [0, 0.1) is 0 Å². The van der Waals surface area contributed by atoms with Gasteiger partial charge in [-0.1, -0.05) is 5.16 Å². The lowest BCUT2D eigenvalue weighted by molar-refractivity contribution is 0.122. The van der Waals surface area contributed by atoms with Gasteiger partial charge in [0.05, 0.1) is 12.4 Å². The monoisotopic (exact) mass is 324 g/mol. The molecule has 3 aromatic rings. The van der Waals surface area contributed by atoms with Gasteiger partial charge in [-0.25, -0.2) is 4.98 Å². The molecule has 0 aliphatic carbocycles. The third kappa shape index (κ3) is 2.94. The molecule has 24 heavy (non-hydrogen) atoms. The molecule has 1 atom stereocenters. The normalized spacial score (nSPS) is 17.9. The van der Waals surface area contributed by atoms with Crippen molar-refractivity contribution in [2.75, 3.05) is 13.1 Å². The zero-order valence-corrected chi connectivity index (χ0v) is 13.6. The number of piperidine rings is 1. The van der Waals surface area contributed by atoms with Gasteiger partial charge in [0.15, 0.2) is 0 Å². The van der Waals surface area contributed by atoms with Gasteiger partial charge in [0.1, 0.15) is 0 Å². The van der Waals surface area contributed by atoms with E-state index in [4.69, 9.17) is 4.52 Å². The number of hydrogen-bond donors (Lipinski definition) is 0. The molecule has 124 valence electrons. The Hall–Kier alpha value is -2.54. The lowest BCUT2D eigenvalue weighted by atomic mass is 10.0. The van der Waals surface area contributed by atoms with Crippen molar-refractivity contribution >= 4 is 0 Å². The van der Waals surface area contributed by atoms with Crippen LogP contribution in [0.25, 0.3) is 11.4 Å². The van der Waals surface area contributed by atoms with Crippen LogP contribution in [-0.2, 0) is 0 Å². The van der Waals surface area contributed by atoms with Gasteiger partial charge < -0.3 is 9.09 Å². The van der Waals surface area contributed by atoms with E-state index in [9.17, 15) is 0 Å². The number of imidazole rings is 1. The highest BCUT2D eigenvalue weighted by Gasteiger charge is 2.27. The fraction of sp³-hybridized carbons (Fsp3) is 0.412. The molecule has 0 N–H and O–H groups in total. The first-order valence-corrected chi connectivity index (χ1v) is 8.27. The first-order chi connectivity index (χ1) is 11.8. The molecule has 1 fully saturated rings. The molecule has 7 heteroatoms. The van der Waals surface area contributed by atoms with Crippen molar-refractivity contribution in [1.82, 2.24) is 29.6 Å². The summed E-state index contributed by atoms with van der Waals surface area (Å²) >= 11 is 0. The molecule has 0 unspecified atom stereocenters. The summed E-state index contributed by atoms with van der Waals surface area (Å²) in [6.07, 6.45) is 11.5. The Bertz CT molecular complexity index is 762. The standard InChI is InChI=1S/C17H20N6O/c1-13(17-20-16(21-24-17)14-3-2-6-18-11-14)22-8-4-15(5-9-22)23-10-7-19-12-23/h2-3,6-7,10-13,15H,4-5,8-9H2,1H3/t13-/m1/s1. The fourth-order valence-electron chi connectivity index (χ4n) is 3.23. The van der Waals surface area contributed by atoms with Gasteiger partial charge in [-0.3, -0.25) is 9.88 Å². The molecule has 7 nitrogen and oxygen atoms in total. The molecule has 0 aromatic carbocycles. The molecule has 0 saturated carbocycles. The zero-order valence-electron chi connectivity index (χ0n) is 13.6. The van der Waals surface area contributed by atoms with E-state index in [-0.39, 0.29) is 6.04 Å². The molecule has 4 rings (SSSR count). The maximum Gasteiger partial charge on any atom is 0.244 e. The number of likely N-dealkylation sites (tertiary alicyclic amines) is 1. The highest BCUT2D eigenvalue weighted by Crippen LogP contribution is 2.29. The maximum absolute atomic E-state index is 5.49. The molecule has 0 spiro atoms. The Morgan fingerprint density at radius 2 is 2.08 bits per heavy atom. The zero-order chi connectivity index (χ0) is 16.4. The van der Waals surface area contributed by atoms with Crippen LogP contribution < -0.4 is 0 Å². The molecule has 1 saturated heterocycles. The molecular weight excluding hydrogens is 304 g/mol. The van der Waals surface area contributed by atoms with E-state index in [1.807, 2.05) is 30.9 Å². The van der Waals surface area contributed by atoms with E-state index in [1.54, 1.807) is 12.4 Å². The van der Waals surface area contributed by atoms with E-state index in [0.29, 0.717) is 17.8 Å². The predicted octanol–water partition coefficient (Wildman–Crippen LogP) is 2.73. The second-order valence-corrected chi connectivity index (χ2v) is 6.15. The van der Waals surface area contributed by atoms with E-state index in [0.717, 1.165) is 31.5 Å². The van der Waals surface area contributed by atoms with Crippen LogP contribution in [0.2, 0.25) is 0 Å². The van der Waals surface area contributed by atoms with Gasteiger partial charge in [-0.05, 0) is 31.9 Å². The van der Waals surface area contributed by atoms with Gasteiger partial charge in [0.25, 0.3) is 0 Å². The second-order valence-electron chi connectivity index (χ2n) is 6.15. The minimum atomic E-state index is 0.117. The van der Waals surface area contributed by atoms with Gasteiger partial charge in [0, 0.05) is 49.5 Å². The Morgan fingerprint density at radius 1 is 1.21 bits per heavy atom. The minimum absolute atomic E-state index is 0.117. The highest BCUT2D eigenvalue weighted by atomic mass is 16.5. The third-order valence-corrected chi connectivity index (χ3v) is 4.71. The van der Waals surface area contributed by atoms with Crippen molar-refractivity contribution in [3.8, 4) is 11.4 Å². The Labute approximate surface area is 140 Å². The first kappa shape index (κ1) is 15.0. The van der Waals surface area contributed by atoms with Crippen LogP contribution in [0.15, 0.2) is 47.8 Å². The Kier molecular flexibility index (Phi) is 4.08. The lowest BCUT2D eigenvalue weighted by Gasteiger charge is -2.34. The van der Waals surface area contributed by atoms with Crippen LogP contribution >= 0.6 is 0 Å². The Morgan fingerprint density at radius 3 is 2.79 bits per heavy atom. The molecule has 0 bridgehead atoms. The molecule has 3 aromatic heterocycles. The van der Waals surface area contributed by atoms with Crippen molar-refractivity contribution in [2.45, 2.75) is 31.8 Å². The van der Waals surface area contributed by atoms with Crippen molar-refractivity contribution in [3.05, 3.63) is 49.1 Å². The van der Waals surface area contributed by atoms with Crippen LogP contribution in [0.3, 0.4) is 0 Å². The predicted molar refractivity (Wildman–Crippen MR) is 88.0 cm³/mol. The van der Waals surface area contributed by atoms with Crippen LogP contribution in [0.4, 0.5) is 0 Å². The summed E-state index contributed by atoms with van der Waals surface area (Å²) in [5.41, 5.74) is 0.874. The summed E-state index contributed by atoms with van der Waals surface area (Å²) in [5, 5.41) is 4.09. The summed E-state index contributed by atoms with van der Waals surface area (Å²) in [7, 11) is 0. The summed E-state index contributed by atoms with van der Waals surface area (Å²) < 4.78 is 7.69. The quantitative estimate of drug-likeness (QED) is 0.735. The number of pyridine rings is 1. The average Bonchev–Trinajstić information content (AvgIpc) is 3.34. The van der Waals surface area contributed by atoms with Crippen LogP contribution in [0.1, 0.15) is 37.7 Å². The molecular formula is C17H20N6O. The lowest BCUT2D eigenvalue weighted by Crippen LogP contribution is -2.36. The summed E-state index contributed by atoms with van der Waals surface area (Å²) in [5.74, 6) is 1.26. The van der Waals surface area contributed by atoms with Gasteiger partial charge in [-0.2, -0.15) is 4.98 Å². The van der Waals surface area contributed by atoms with E-state index < -0.39 is 0 Å². The maximum atomic E-state index is 5.49. The first-order valence-electron chi connectivity index (χ1n) is 8.27. The van der Waals surface area contributed by atoms with Crippen molar-refractivity contribution < 1.29 is 4.52 Å². The van der Waals surface area contributed by atoms with E-state index in [2.05, 4.69) is 36.5 Å². The summed E-state index contributed by atoms with van der Waals surface area (Å²) in [6, 6.07) is 4.45. The van der Waals surface area contributed by atoms with Gasteiger partial charge in [-0.15, -0.1) is 0 Å². The number of rotatable bonds is 4. The SMILES string of the molecule is C[C@H](c1nc(-c2cccnc2)no1)N1CCC(n2ccnc2)CC1. The van der Waals surface area contributed by atoms with E-state index in [1.165, 1.54) is 0 Å². The average molecular weight is 324 g/mol. The minimum Gasteiger partial charge on any atom is -0.337 e. The molecule has 1 aliphatic rings. The van der Waals surface area contributed by atoms with Gasteiger partial charge in [0.2, 0.25) is 11.7 Å². The molecule has 4 heterocycles. The third-order valence-electron chi connectivity index (χ3n) is 4.71. The van der Waals surface area contributed by atoms with Crippen molar-refractivity contribution in [1.29, 1.82) is 0 Å². The summed E-state index contributed by atoms with van der Waals surface area (Å²) in [4.78, 5) is 15.2. The highest BCUT2D eigenvalue weighted by molar-refractivity contribution is 5.51. The molecule has 0 amide bonds. The van der Waals surface area contributed by atoms with Crippen molar-refractivity contribution in [2.24, 2.45) is 0 Å². The number of aromatic nitrogens is 5. The molecule has 0 radical (unpaired) electrons. The summed E-state index contributed by atoms with van der Waals surface area (Å²) in [6.45, 7) is 4.14. The van der Waals surface area contributed by atoms with Crippen LogP contribution in [-0.4, -0.2) is 42.7 Å². The Balaban J connectivity index is 1.42. The molecule has 1 aliphatic heterocycles. The topological polar surface area (TPSA) is 72.9 Å². The smallest absolute Gasteiger partial charge is 0.244 e. The number of hydrogen-bond acceptors (Lipinski definition) is 6. The largest absolute Gasteiger partial charge is 0.337 e. The fourth-order valence-corrected chi connectivity index (χ4v) is 3.23. The second kappa shape index (κ2) is 6.52.